The van der Waals surface area contributed by atoms with Gasteiger partial charge in [-0.2, -0.15) is 0 Å². The van der Waals surface area contributed by atoms with Crippen molar-refractivity contribution in [2.45, 2.75) is 0 Å². The van der Waals surface area contributed by atoms with E-state index in [0.29, 0.717) is 0 Å². The molecule has 0 N–H and O–H groups in total. The average Bonchev–Trinajstić information content (AvgIpc) is 3.12. The summed E-state index contributed by atoms with van der Waals surface area (Å²) >= 11 is 0. The van der Waals surface area contributed by atoms with Gasteiger partial charge in [-0.25, -0.2) is 9.59 Å². The normalized spacial score (nSPS) is 15.7. The lowest BCUT2D eigenvalue weighted by Gasteiger charge is -2.30. The molecule has 0 bridgehead atoms. The van der Waals surface area contributed by atoms with Gasteiger partial charge in [-0.05, 0) is 0 Å². The molecule has 11 nitrogen and oxygen atoms in total. The third-order valence-electron chi connectivity index (χ3n) is 3.79. The van der Waals surface area contributed by atoms with Crippen molar-refractivity contribution in [2.75, 3.05) is 39.3 Å². The second-order valence-corrected chi connectivity index (χ2v) is 5.17. The van der Waals surface area contributed by atoms with Gasteiger partial charge in [0.25, 0.3) is 5.69 Å². The Balaban J connectivity index is 2.19. The van der Waals surface area contributed by atoms with Crippen LogP contribution in [0.1, 0.15) is 0 Å². The molecule has 11 heteroatoms. The molecule has 0 radical (unpaired) electrons. The number of methoxy groups -OCH3 is 2. The fourth-order valence-corrected chi connectivity index (χ4v) is 2.62. The number of hydrogen-bond donors (Lipinski definition) is 0. The largest absolute Gasteiger partial charge is 0.466 e. The number of fused-ring (bicyclic) bond motifs is 1. The van der Waals surface area contributed by atoms with Crippen LogP contribution in [-0.2, 0) is 23.8 Å². The SMILES string of the molecule is COC(=O)C1=C(C(=O)OC)N(c2cc3c(cc2[N+](=O)[O-])OCO3)COC1. The number of carbonyl (C=O) groups excluding carboxylic acids is 2. The van der Waals surface area contributed by atoms with Crippen LogP contribution in [0.15, 0.2) is 23.4 Å². The zero-order valence-corrected chi connectivity index (χ0v) is 13.8. The lowest BCUT2D eigenvalue weighted by atomic mass is 10.1. The number of anilines is 1. The highest BCUT2D eigenvalue weighted by Gasteiger charge is 2.36. The molecule has 26 heavy (non-hydrogen) atoms. The Labute approximate surface area is 146 Å². The van der Waals surface area contributed by atoms with Crippen molar-refractivity contribution < 1.29 is 38.2 Å². The van der Waals surface area contributed by atoms with Gasteiger partial charge in [0.2, 0.25) is 6.79 Å². The van der Waals surface area contributed by atoms with Crippen molar-refractivity contribution in [3.8, 4) is 11.5 Å². The molecule has 1 aromatic rings. The molecule has 3 rings (SSSR count). The Bertz CT molecular complexity index is 818. The smallest absolute Gasteiger partial charge is 0.355 e. The van der Waals surface area contributed by atoms with E-state index in [0.717, 1.165) is 14.2 Å². The van der Waals surface area contributed by atoms with Crippen LogP contribution in [0.2, 0.25) is 0 Å². The summed E-state index contributed by atoms with van der Waals surface area (Å²) in [4.78, 5) is 36.3. The molecule has 0 spiro atoms. The zero-order chi connectivity index (χ0) is 18.8. The Hall–Kier alpha value is -3.34. The summed E-state index contributed by atoms with van der Waals surface area (Å²) in [7, 11) is 2.28. The van der Waals surface area contributed by atoms with E-state index in [1.54, 1.807) is 0 Å². The molecular weight excluding hydrogens is 352 g/mol. The van der Waals surface area contributed by atoms with Gasteiger partial charge in [0.1, 0.15) is 18.1 Å². The van der Waals surface area contributed by atoms with E-state index in [1.807, 2.05) is 0 Å². The monoisotopic (exact) mass is 366 g/mol. The molecule has 0 atom stereocenters. The molecule has 0 amide bonds. The van der Waals surface area contributed by atoms with Crippen molar-refractivity contribution in [3.63, 3.8) is 0 Å². The lowest BCUT2D eigenvalue weighted by Crippen LogP contribution is -2.39. The van der Waals surface area contributed by atoms with Crippen LogP contribution in [0.5, 0.6) is 11.5 Å². The Morgan fingerprint density at radius 3 is 2.42 bits per heavy atom. The van der Waals surface area contributed by atoms with Crippen molar-refractivity contribution in [2.24, 2.45) is 0 Å². The second kappa shape index (κ2) is 6.88. The summed E-state index contributed by atoms with van der Waals surface area (Å²) < 4.78 is 25.1. The van der Waals surface area contributed by atoms with E-state index in [-0.39, 0.29) is 54.3 Å². The molecule has 0 aliphatic carbocycles. The summed E-state index contributed by atoms with van der Waals surface area (Å²) in [6, 6.07) is 2.52. The number of esters is 2. The van der Waals surface area contributed by atoms with Gasteiger partial charge in [-0.3, -0.25) is 10.1 Å². The van der Waals surface area contributed by atoms with Gasteiger partial charge in [0.05, 0.1) is 37.4 Å². The minimum Gasteiger partial charge on any atom is -0.466 e. The molecule has 1 aromatic carbocycles. The summed E-state index contributed by atoms with van der Waals surface area (Å²) in [5, 5.41) is 11.5. The van der Waals surface area contributed by atoms with Gasteiger partial charge in [0, 0.05) is 6.07 Å². The molecule has 2 aliphatic heterocycles. The summed E-state index contributed by atoms with van der Waals surface area (Å²) in [5.41, 5.74) is -0.684. The molecule has 0 aromatic heterocycles. The topological polar surface area (TPSA) is 127 Å². The average molecular weight is 366 g/mol. The van der Waals surface area contributed by atoms with Crippen molar-refractivity contribution >= 4 is 23.3 Å². The lowest BCUT2D eigenvalue weighted by molar-refractivity contribution is -0.384. The predicted octanol–water partition coefficient (Wildman–Crippen LogP) is 0.718. The molecule has 138 valence electrons. The maximum absolute atomic E-state index is 12.3. The summed E-state index contributed by atoms with van der Waals surface area (Å²) in [6.07, 6.45) is 0. The third kappa shape index (κ3) is 2.88. The van der Waals surface area contributed by atoms with Gasteiger partial charge in [-0.1, -0.05) is 0 Å². The van der Waals surface area contributed by atoms with Gasteiger partial charge in [-0.15, -0.1) is 0 Å². The first-order valence-electron chi connectivity index (χ1n) is 7.31. The van der Waals surface area contributed by atoms with Crippen LogP contribution >= 0.6 is 0 Å². The number of hydrogen-bond acceptors (Lipinski definition) is 10. The molecular formula is C15H14N2O9. The number of rotatable bonds is 4. The highest BCUT2D eigenvalue weighted by molar-refractivity contribution is 6.04. The molecule has 2 heterocycles. The van der Waals surface area contributed by atoms with Gasteiger partial charge in [0.15, 0.2) is 11.5 Å². The first-order valence-corrected chi connectivity index (χ1v) is 7.31. The molecule has 0 fully saturated rings. The standard InChI is InChI=1S/C15H14N2O9/c1-22-14(18)8-5-24-6-16(13(8)15(19)23-2)9-3-11-12(26-7-25-11)4-10(9)17(20)21/h3-4H,5-7H2,1-2H3. The van der Waals surface area contributed by atoms with Crippen LogP contribution in [0.4, 0.5) is 11.4 Å². The van der Waals surface area contributed by atoms with Crippen LogP contribution in [-0.4, -0.2) is 51.2 Å². The van der Waals surface area contributed by atoms with Crippen molar-refractivity contribution in [3.05, 3.63) is 33.5 Å². The fraction of sp³-hybridized carbons (Fsp3) is 0.333. The molecule has 0 unspecified atom stereocenters. The van der Waals surface area contributed by atoms with E-state index in [9.17, 15) is 19.7 Å². The van der Waals surface area contributed by atoms with Crippen LogP contribution < -0.4 is 14.4 Å². The maximum atomic E-state index is 12.3. The number of nitro benzene ring substituents is 1. The van der Waals surface area contributed by atoms with Gasteiger partial charge < -0.3 is 28.6 Å². The first kappa shape index (κ1) is 17.5. The van der Waals surface area contributed by atoms with Crippen LogP contribution in [0.25, 0.3) is 0 Å². The van der Waals surface area contributed by atoms with E-state index >= 15 is 0 Å². The third-order valence-corrected chi connectivity index (χ3v) is 3.79. The fourth-order valence-electron chi connectivity index (χ4n) is 2.62. The van der Waals surface area contributed by atoms with E-state index < -0.39 is 16.9 Å². The van der Waals surface area contributed by atoms with Crippen molar-refractivity contribution in [1.29, 1.82) is 0 Å². The molecule has 2 aliphatic rings. The number of benzene rings is 1. The number of nitro groups is 1. The first-order chi connectivity index (χ1) is 12.5. The van der Waals surface area contributed by atoms with E-state index in [1.165, 1.54) is 17.0 Å². The number of ether oxygens (including phenoxy) is 5. The van der Waals surface area contributed by atoms with E-state index in [2.05, 4.69) is 4.74 Å². The summed E-state index contributed by atoms with van der Waals surface area (Å²) in [5.74, 6) is -1.20. The predicted molar refractivity (Wildman–Crippen MR) is 83.6 cm³/mol. The highest BCUT2D eigenvalue weighted by atomic mass is 16.7. The Morgan fingerprint density at radius 1 is 1.15 bits per heavy atom. The molecule has 0 saturated heterocycles. The molecule has 0 saturated carbocycles. The Morgan fingerprint density at radius 2 is 1.81 bits per heavy atom. The number of carbonyl (C=O) groups is 2. The van der Waals surface area contributed by atoms with E-state index in [4.69, 9.17) is 18.9 Å². The zero-order valence-electron chi connectivity index (χ0n) is 13.8. The quantitative estimate of drug-likeness (QED) is 0.427. The minimum absolute atomic E-state index is 0.0132. The minimum atomic E-state index is -0.860. The van der Waals surface area contributed by atoms with Crippen LogP contribution in [0.3, 0.4) is 0 Å². The second-order valence-electron chi connectivity index (χ2n) is 5.17. The summed E-state index contributed by atoms with van der Waals surface area (Å²) in [6.45, 7) is -0.503. The highest BCUT2D eigenvalue weighted by Crippen LogP contribution is 2.43. The van der Waals surface area contributed by atoms with Gasteiger partial charge >= 0.3 is 11.9 Å². The Kier molecular flexibility index (Phi) is 4.63. The number of nitrogens with zero attached hydrogens (tertiary/aromatic N) is 2. The van der Waals surface area contributed by atoms with Crippen molar-refractivity contribution in [1.82, 2.24) is 0 Å². The van der Waals surface area contributed by atoms with Crippen LogP contribution in [0, 0.1) is 10.1 Å². The maximum Gasteiger partial charge on any atom is 0.355 e.